The summed E-state index contributed by atoms with van der Waals surface area (Å²) in [5.74, 6) is -0.122. The highest BCUT2D eigenvalue weighted by atomic mass is 32.2. The molecule has 0 aliphatic heterocycles. The predicted octanol–water partition coefficient (Wildman–Crippen LogP) is 4.49. The predicted molar refractivity (Wildman–Crippen MR) is 124 cm³/mol. The maximum absolute atomic E-state index is 12.9. The van der Waals surface area contributed by atoms with Crippen molar-refractivity contribution in [3.8, 4) is 5.75 Å². The lowest BCUT2D eigenvalue weighted by atomic mass is 10.2. The van der Waals surface area contributed by atoms with Crippen LogP contribution in [0.15, 0.2) is 47.4 Å². The van der Waals surface area contributed by atoms with Crippen molar-refractivity contribution < 1.29 is 22.9 Å². The van der Waals surface area contributed by atoms with Crippen LogP contribution in [0.1, 0.15) is 30.4 Å². The maximum Gasteiger partial charge on any atom is 0.270 e. The standard InChI is InChI=1S/C21H23N3O6S2/c1-4-23(5-2)32(28,29)16-8-9-18(30-6-3)17(13-16)22-21(25)20-12-14-11-15(24(26)27)7-10-19(14)31-20/h7-13H,4-6H2,1-3H3,(H,22,25). The van der Waals surface area contributed by atoms with E-state index in [4.69, 9.17) is 4.74 Å². The molecule has 0 saturated heterocycles. The van der Waals surface area contributed by atoms with Crippen molar-refractivity contribution in [3.05, 3.63) is 57.5 Å². The number of nitrogens with zero attached hydrogens (tertiary/aromatic N) is 2. The van der Waals surface area contributed by atoms with Crippen LogP contribution in [0.3, 0.4) is 0 Å². The first-order valence-corrected chi connectivity index (χ1v) is 12.2. The number of nitro groups is 1. The first-order valence-electron chi connectivity index (χ1n) is 9.97. The third-order valence-electron chi connectivity index (χ3n) is 4.78. The molecule has 1 amide bonds. The molecule has 170 valence electrons. The van der Waals surface area contributed by atoms with Gasteiger partial charge >= 0.3 is 0 Å². The zero-order chi connectivity index (χ0) is 23.5. The molecule has 0 saturated carbocycles. The number of thiophene rings is 1. The Hall–Kier alpha value is -3.02. The van der Waals surface area contributed by atoms with E-state index in [0.717, 1.165) is 4.70 Å². The average molecular weight is 478 g/mol. The minimum atomic E-state index is -3.72. The Labute approximate surface area is 189 Å². The summed E-state index contributed by atoms with van der Waals surface area (Å²) >= 11 is 1.18. The van der Waals surface area contributed by atoms with Gasteiger partial charge in [0, 0.05) is 35.3 Å². The van der Waals surface area contributed by atoms with E-state index in [2.05, 4.69) is 5.32 Å². The van der Waals surface area contributed by atoms with Gasteiger partial charge in [-0.25, -0.2) is 8.42 Å². The van der Waals surface area contributed by atoms with E-state index in [1.54, 1.807) is 32.9 Å². The van der Waals surface area contributed by atoms with Crippen LogP contribution < -0.4 is 10.1 Å². The van der Waals surface area contributed by atoms with Crippen LogP contribution in [0, 0.1) is 10.1 Å². The Kier molecular flexibility index (Phi) is 7.12. The molecule has 9 nitrogen and oxygen atoms in total. The Morgan fingerprint density at radius 1 is 1.12 bits per heavy atom. The smallest absolute Gasteiger partial charge is 0.270 e. The molecule has 0 atom stereocenters. The van der Waals surface area contributed by atoms with Gasteiger partial charge in [-0.3, -0.25) is 14.9 Å². The fourth-order valence-electron chi connectivity index (χ4n) is 3.20. The van der Waals surface area contributed by atoms with Crippen LogP contribution in [0.2, 0.25) is 0 Å². The Morgan fingerprint density at radius 2 is 1.84 bits per heavy atom. The highest BCUT2D eigenvalue weighted by Crippen LogP contribution is 2.32. The van der Waals surface area contributed by atoms with Crippen molar-refractivity contribution in [2.24, 2.45) is 0 Å². The lowest BCUT2D eigenvalue weighted by Gasteiger charge is -2.20. The topological polar surface area (TPSA) is 119 Å². The molecule has 32 heavy (non-hydrogen) atoms. The second-order valence-corrected chi connectivity index (χ2v) is 9.75. The van der Waals surface area contributed by atoms with Crippen LogP contribution >= 0.6 is 11.3 Å². The Balaban J connectivity index is 1.96. The quantitative estimate of drug-likeness (QED) is 0.358. The number of rotatable bonds is 9. The molecular weight excluding hydrogens is 454 g/mol. The molecule has 11 heteroatoms. The van der Waals surface area contributed by atoms with Crippen LogP contribution in [0.5, 0.6) is 5.75 Å². The summed E-state index contributed by atoms with van der Waals surface area (Å²) in [5, 5.41) is 14.3. The third-order valence-corrected chi connectivity index (χ3v) is 7.94. The molecule has 1 N–H and O–H groups in total. The molecule has 0 fully saturated rings. The largest absolute Gasteiger partial charge is 0.492 e. The second kappa shape index (κ2) is 9.63. The number of ether oxygens (including phenoxy) is 1. The summed E-state index contributed by atoms with van der Waals surface area (Å²) in [4.78, 5) is 23.8. The molecule has 0 aliphatic carbocycles. The van der Waals surface area contributed by atoms with E-state index in [-0.39, 0.29) is 16.3 Å². The number of nitrogens with one attached hydrogen (secondary N) is 1. The van der Waals surface area contributed by atoms with Gasteiger partial charge in [0.1, 0.15) is 5.75 Å². The molecule has 0 bridgehead atoms. The van der Waals surface area contributed by atoms with Crippen molar-refractivity contribution in [2.45, 2.75) is 25.7 Å². The molecule has 0 unspecified atom stereocenters. The summed E-state index contributed by atoms with van der Waals surface area (Å²) in [6.45, 7) is 6.26. The number of benzene rings is 2. The SMILES string of the molecule is CCOc1ccc(S(=O)(=O)N(CC)CC)cc1NC(=O)c1cc2cc([N+](=O)[O-])ccc2s1. The lowest BCUT2D eigenvalue weighted by molar-refractivity contribution is -0.384. The van der Waals surface area contributed by atoms with Gasteiger partial charge in [0.2, 0.25) is 10.0 Å². The average Bonchev–Trinajstić information content (AvgIpc) is 3.19. The number of non-ortho nitro benzene ring substituents is 1. The van der Waals surface area contributed by atoms with Gasteiger partial charge in [-0.05, 0) is 37.3 Å². The van der Waals surface area contributed by atoms with Crippen molar-refractivity contribution in [1.82, 2.24) is 4.31 Å². The number of carbonyl (C=O) groups is 1. The first kappa shape index (κ1) is 23.6. The number of nitro benzene ring substituents is 1. The van der Waals surface area contributed by atoms with E-state index < -0.39 is 20.9 Å². The van der Waals surface area contributed by atoms with Crippen LogP contribution in [0.4, 0.5) is 11.4 Å². The molecular formula is C21H23N3O6S2. The molecule has 1 aromatic heterocycles. The highest BCUT2D eigenvalue weighted by molar-refractivity contribution is 7.89. The number of sulfonamides is 1. The van der Waals surface area contributed by atoms with Gasteiger partial charge in [0.15, 0.2) is 0 Å². The number of amides is 1. The van der Waals surface area contributed by atoms with Crippen molar-refractivity contribution in [3.63, 3.8) is 0 Å². The van der Waals surface area contributed by atoms with Gasteiger partial charge in [-0.15, -0.1) is 11.3 Å². The normalized spacial score (nSPS) is 11.6. The Morgan fingerprint density at radius 3 is 2.47 bits per heavy atom. The number of carbonyl (C=O) groups excluding carboxylic acids is 1. The molecule has 1 heterocycles. The molecule has 0 spiro atoms. The number of anilines is 1. The van der Waals surface area contributed by atoms with Gasteiger partial charge in [-0.2, -0.15) is 4.31 Å². The first-order chi connectivity index (χ1) is 15.2. The van der Waals surface area contributed by atoms with E-state index in [1.807, 2.05) is 0 Å². The van der Waals surface area contributed by atoms with Crippen molar-refractivity contribution >= 4 is 48.7 Å². The minimum absolute atomic E-state index is 0.0481. The number of hydrogen-bond acceptors (Lipinski definition) is 7. The van der Waals surface area contributed by atoms with Crippen LogP contribution in [-0.2, 0) is 10.0 Å². The summed E-state index contributed by atoms with van der Waals surface area (Å²) in [7, 11) is -3.72. The van der Waals surface area contributed by atoms with Crippen molar-refractivity contribution in [2.75, 3.05) is 25.0 Å². The van der Waals surface area contributed by atoms with Crippen LogP contribution in [-0.4, -0.2) is 43.2 Å². The minimum Gasteiger partial charge on any atom is -0.492 e. The molecule has 2 aromatic carbocycles. The van der Waals surface area contributed by atoms with Gasteiger partial charge in [0.25, 0.3) is 11.6 Å². The van der Waals surface area contributed by atoms with E-state index in [1.165, 1.54) is 46.0 Å². The molecule has 0 radical (unpaired) electrons. The van der Waals surface area contributed by atoms with Gasteiger partial charge in [0.05, 0.1) is 27.0 Å². The van der Waals surface area contributed by atoms with E-state index in [0.29, 0.717) is 35.7 Å². The molecule has 0 aliphatic rings. The van der Waals surface area contributed by atoms with E-state index in [9.17, 15) is 23.3 Å². The summed E-state index contributed by atoms with van der Waals surface area (Å²) in [5.41, 5.74) is 0.170. The number of fused-ring (bicyclic) bond motifs is 1. The number of hydrogen-bond donors (Lipinski definition) is 1. The van der Waals surface area contributed by atoms with Crippen LogP contribution in [0.25, 0.3) is 10.1 Å². The maximum atomic E-state index is 12.9. The fraction of sp³-hybridized carbons (Fsp3) is 0.286. The second-order valence-electron chi connectivity index (χ2n) is 6.72. The van der Waals surface area contributed by atoms with Gasteiger partial charge in [-0.1, -0.05) is 13.8 Å². The summed E-state index contributed by atoms with van der Waals surface area (Å²) < 4.78 is 33.4. The van der Waals surface area contributed by atoms with Crippen molar-refractivity contribution in [1.29, 1.82) is 0 Å². The molecule has 3 aromatic rings. The zero-order valence-corrected chi connectivity index (χ0v) is 19.5. The lowest BCUT2D eigenvalue weighted by Crippen LogP contribution is -2.30. The third kappa shape index (κ3) is 4.74. The Bertz CT molecular complexity index is 1270. The van der Waals surface area contributed by atoms with E-state index >= 15 is 0 Å². The monoisotopic (exact) mass is 477 g/mol. The summed E-state index contributed by atoms with van der Waals surface area (Å²) in [6.07, 6.45) is 0. The van der Waals surface area contributed by atoms with Gasteiger partial charge < -0.3 is 10.1 Å². The molecule has 3 rings (SSSR count). The highest BCUT2D eigenvalue weighted by Gasteiger charge is 2.24. The fourth-order valence-corrected chi connectivity index (χ4v) is 5.62. The summed E-state index contributed by atoms with van der Waals surface area (Å²) in [6, 6.07) is 10.3. The zero-order valence-electron chi connectivity index (χ0n) is 17.8.